The van der Waals surface area contributed by atoms with Gasteiger partial charge in [0.15, 0.2) is 0 Å². The third kappa shape index (κ3) is 1.71. The summed E-state index contributed by atoms with van der Waals surface area (Å²) in [6.07, 6.45) is 11.9. The van der Waals surface area contributed by atoms with Gasteiger partial charge in [0.25, 0.3) is 0 Å². The number of rotatable bonds is 2. The first-order chi connectivity index (χ1) is 6.78. The number of hydrogen-bond donors (Lipinski definition) is 1. The standard InChI is InChI=1S/C13H25N/c1-11(10-14)12-6-5-9-13(12)7-3-2-4-8-13/h11-12H,2-10,14H2,1H3. The van der Waals surface area contributed by atoms with E-state index >= 15 is 0 Å². The lowest BCUT2D eigenvalue weighted by Gasteiger charge is -2.41. The van der Waals surface area contributed by atoms with E-state index in [0.29, 0.717) is 0 Å². The van der Waals surface area contributed by atoms with Gasteiger partial charge in [-0.15, -0.1) is 0 Å². The van der Waals surface area contributed by atoms with Crippen LogP contribution in [0.1, 0.15) is 58.3 Å². The van der Waals surface area contributed by atoms with Crippen molar-refractivity contribution in [3.63, 3.8) is 0 Å². The van der Waals surface area contributed by atoms with E-state index < -0.39 is 0 Å². The van der Waals surface area contributed by atoms with Crippen molar-refractivity contribution >= 4 is 0 Å². The van der Waals surface area contributed by atoms with Gasteiger partial charge in [0, 0.05) is 0 Å². The van der Waals surface area contributed by atoms with E-state index in [4.69, 9.17) is 5.73 Å². The maximum Gasteiger partial charge on any atom is -0.00486 e. The molecule has 2 rings (SSSR count). The summed E-state index contributed by atoms with van der Waals surface area (Å²) in [4.78, 5) is 0. The SMILES string of the molecule is CC(CN)C1CCCC12CCCCC2. The van der Waals surface area contributed by atoms with Crippen LogP contribution in [0.2, 0.25) is 0 Å². The van der Waals surface area contributed by atoms with E-state index in [1.165, 1.54) is 51.4 Å². The summed E-state index contributed by atoms with van der Waals surface area (Å²) < 4.78 is 0. The van der Waals surface area contributed by atoms with E-state index in [-0.39, 0.29) is 0 Å². The summed E-state index contributed by atoms with van der Waals surface area (Å²) in [5.41, 5.74) is 6.58. The van der Waals surface area contributed by atoms with Gasteiger partial charge in [-0.05, 0) is 49.5 Å². The normalized spacial score (nSPS) is 33.4. The fourth-order valence-electron chi connectivity index (χ4n) is 4.09. The lowest BCUT2D eigenvalue weighted by molar-refractivity contribution is 0.0919. The molecule has 2 N–H and O–H groups in total. The van der Waals surface area contributed by atoms with Crippen molar-refractivity contribution in [2.45, 2.75) is 58.3 Å². The highest BCUT2D eigenvalue weighted by Crippen LogP contribution is 2.55. The lowest BCUT2D eigenvalue weighted by atomic mass is 9.64. The molecule has 0 aromatic heterocycles. The second-order valence-corrected chi connectivity index (χ2v) is 5.63. The van der Waals surface area contributed by atoms with Crippen LogP contribution in [0.3, 0.4) is 0 Å². The highest BCUT2D eigenvalue weighted by atomic mass is 14.6. The van der Waals surface area contributed by atoms with Crippen LogP contribution in [-0.2, 0) is 0 Å². The minimum absolute atomic E-state index is 0.733. The van der Waals surface area contributed by atoms with Gasteiger partial charge in [-0.2, -0.15) is 0 Å². The highest BCUT2D eigenvalue weighted by Gasteiger charge is 2.44. The van der Waals surface area contributed by atoms with Crippen LogP contribution < -0.4 is 5.73 Å². The molecule has 0 bridgehead atoms. The van der Waals surface area contributed by atoms with Gasteiger partial charge in [0.05, 0.1) is 0 Å². The second-order valence-electron chi connectivity index (χ2n) is 5.63. The van der Waals surface area contributed by atoms with Gasteiger partial charge in [-0.1, -0.05) is 32.6 Å². The predicted molar refractivity (Wildman–Crippen MR) is 61.1 cm³/mol. The molecule has 2 unspecified atom stereocenters. The molecule has 0 radical (unpaired) electrons. The summed E-state index contributed by atoms with van der Waals surface area (Å²) in [6.45, 7) is 3.26. The minimum Gasteiger partial charge on any atom is -0.330 e. The molecule has 0 saturated heterocycles. The van der Waals surface area contributed by atoms with Crippen molar-refractivity contribution < 1.29 is 0 Å². The first kappa shape index (κ1) is 10.5. The average Bonchev–Trinajstić information content (AvgIpc) is 2.62. The Morgan fingerprint density at radius 1 is 1.14 bits per heavy atom. The predicted octanol–water partition coefficient (Wildman–Crippen LogP) is 3.33. The zero-order valence-corrected chi connectivity index (χ0v) is 9.60. The second kappa shape index (κ2) is 4.22. The van der Waals surface area contributed by atoms with Crippen LogP contribution in [0.25, 0.3) is 0 Å². The maximum atomic E-state index is 5.84. The fraction of sp³-hybridized carbons (Fsp3) is 1.00. The molecule has 0 amide bonds. The third-order valence-corrected chi connectivity index (χ3v) is 4.88. The van der Waals surface area contributed by atoms with Crippen LogP contribution in [0.5, 0.6) is 0 Å². The summed E-state index contributed by atoms with van der Waals surface area (Å²) in [5.74, 6) is 1.71. The van der Waals surface area contributed by atoms with Gasteiger partial charge in [0.1, 0.15) is 0 Å². The molecule has 1 nitrogen and oxygen atoms in total. The molecule has 0 aromatic rings. The maximum absolute atomic E-state index is 5.84. The molecule has 0 aromatic carbocycles. The Hall–Kier alpha value is -0.0400. The molecule has 2 saturated carbocycles. The summed E-state index contributed by atoms with van der Waals surface area (Å²) in [6, 6.07) is 0. The molecule has 0 heterocycles. The molecule has 2 atom stereocenters. The lowest BCUT2D eigenvalue weighted by Crippen LogP contribution is -2.34. The Morgan fingerprint density at radius 3 is 2.43 bits per heavy atom. The Morgan fingerprint density at radius 2 is 1.79 bits per heavy atom. The molecule has 1 spiro atoms. The zero-order chi connectivity index (χ0) is 10.0. The number of hydrogen-bond acceptors (Lipinski definition) is 1. The Labute approximate surface area is 88.4 Å². The molecule has 14 heavy (non-hydrogen) atoms. The van der Waals surface area contributed by atoms with Crippen molar-refractivity contribution in [3.05, 3.63) is 0 Å². The van der Waals surface area contributed by atoms with Crippen LogP contribution in [-0.4, -0.2) is 6.54 Å². The van der Waals surface area contributed by atoms with Crippen LogP contribution in [0, 0.1) is 17.3 Å². The van der Waals surface area contributed by atoms with Gasteiger partial charge >= 0.3 is 0 Å². The van der Waals surface area contributed by atoms with Crippen molar-refractivity contribution in [3.8, 4) is 0 Å². The van der Waals surface area contributed by atoms with Gasteiger partial charge in [-0.25, -0.2) is 0 Å². The fourth-order valence-corrected chi connectivity index (χ4v) is 4.09. The van der Waals surface area contributed by atoms with Gasteiger partial charge in [0.2, 0.25) is 0 Å². The van der Waals surface area contributed by atoms with E-state index in [0.717, 1.165) is 23.8 Å². The van der Waals surface area contributed by atoms with Crippen LogP contribution in [0.15, 0.2) is 0 Å². The van der Waals surface area contributed by atoms with Crippen molar-refractivity contribution in [2.75, 3.05) is 6.54 Å². The van der Waals surface area contributed by atoms with Crippen LogP contribution in [0.4, 0.5) is 0 Å². The van der Waals surface area contributed by atoms with E-state index in [1.807, 2.05) is 0 Å². The van der Waals surface area contributed by atoms with Crippen molar-refractivity contribution in [1.82, 2.24) is 0 Å². The van der Waals surface area contributed by atoms with E-state index in [2.05, 4.69) is 6.92 Å². The Bertz CT molecular complexity index is 182. The third-order valence-electron chi connectivity index (χ3n) is 4.88. The molecule has 82 valence electrons. The smallest absolute Gasteiger partial charge is 0.00486 e. The minimum atomic E-state index is 0.733. The largest absolute Gasteiger partial charge is 0.330 e. The topological polar surface area (TPSA) is 26.0 Å². The van der Waals surface area contributed by atoms with Crippen molar-refractivity contribution in [1.29, 1.82) is 0 Å². The Balaban J connectivity index is 2.07. The monoisotopic (exact) mass is 195 g/mol. The summed E-state index contributed by atoms with van der Waals surface area (Å²) in [5, 5.41) is 0. The molecular weight excluding hydrogens is 170 g/mol. The van der Waals surface area contributed by atoms with E-state index in [1.54, 1.807) is 0 Å². The molecule has 2 aliphatic carbocycles. The highest BCUT2D eigenvalue weighted by molar-refractivity contribution is 4.95. The molecule has 0 aliphatic heterocycles. The first-order valence-corrected chi connectivity index (χ1v) is 6.48. The molecule has 2 aliphatic rings. The molecule has 2 fully saturated rings. The average molecular weight is 195 g/mol. The number of nitrogens with two attached hydrogens (primary N) is 1. The van der Waals surface area contributed by atoms with E-state index in [9.17, 15) is 0 Å². The Kier molecular flexibility index (Phi) is 3.16. The summed E-state index contributed by atoms with van der Waals surface area (Å²) in [7, 11) is 0. The first-order valence-electron chi connectivity index (χ1n) is 6.48. The summed E-state index contributed by atoms with van der Waals surface area (Å²) >= 11 is 0. The molecular formula is C13H25N. The van der Waals surface area contributed by atoms with Gasteiger partial charge in [-0.3, -0.25) is 0 Å². The zero-order valence-electron chi connectivity index (χ0n) is 9.60. The quantitative estimate of drug-likeness (QED) is 0.718. The van der Waals surface area contributed by atoms with Crippen LogP contribution >= 0.6 is 0 Å². The van der Waals surface area contributed by atoms with Gasteiger partial charge < -0.3 is 5.73 Å². The molecule has 1 heteroatoms. The van der Waals surface area contributed by atoms with Crippen molar-refractivity contribution in [2.24, 2.45) is 23.0 Å².